The van der Waals surface area contributed by atoms with Crippen LogP contribution in [0.1, 0.15) is 31.9 Å². The van der Waals surface area contributed by atoms with Crippen molar-refractivity contribution in [2.24, 2.45) is 0 Å². The van der Waals surface area contributed by atoms with Crippen molar-refractivity contribution >= 4 is 14.1 Å². The quantitative estimate of drug-likeness (QED) is 0.613. The normalized spacial score (nSPS) is 16.6. The van der Waals surface area contributed by atoms with Crippen LogP contribution in [-0.4, -0.2) is 8.07 Å². The molecule has 1 heteroatoms. The van der Waals surface area contributed by atoms with Crippen LogP contribution >= 0.6 is 0 Å². The Kier molecular flexibility index (Phi) is 2.62. The third kappa shape index (κ3) is 1.67. The van der Waals surface area contributed by atoms with E-state index in [9.17, 15) is 0 Å². The van der Waals surface area contributed by atoms with Crippen LogP contribution in [0.25, 0.3) is 6.08 Å². The second kappa shape index (κ2) is 3.59. The third-order valence-electron chi connectivity index (χ3n) is 4.23. The fourth-order valence-corrected chi connectivity index (χ4v) is 4.31. The summed E-state index contributed by atoms with van der Waals surface area (Å²) < 4.78 is 0. The monoisotopic (exact) mass is 229 g/mol. The molecule has 0 saturated carbocycles. The highest BCUT2D eigenvalue weighted by molar-refractivity contribution is 6.86. The van der Waals surface area contributed by atoms with E-state index in [1.807, 2.05) is 0 Å². The number of fused-ring (bicyclic) bond motifs is 1. The Morgan fingerprint density at radius 1 is 0.938 bits per heavy atom. The first-order chi connectivity index (χ1) is 7.34. The van der Waals surface area contributed by atoms with Crippen molar-refractivity contribution in [1.29, 1.82) is 0 Å². The average molecular weight is 229 g/mol. The molecule has 0 aliphatic heterocycles. The van der Waals surface area contributed by atoms with E-state index in [-0.39, 0.29) is 0 Å². The molecular weight excluding hydrogens is 208 g/mol. The van der Waals surface area contributed by atoms with Gasteiger partial charge < -0.3 is 0 Å². The Morgan fingerprint density at radius 3 is 2.19 bits per heavy atom. The van der Waals surface area contributed by atoms with Gasteiger partial charge in [0, 0.05) is 5.54 Å². The Balaban J connectivity index is 2.43. The average Bonchev–Trinajstić information content (AvgIpc) is 2.59. The van der Waals surface area contributed by atoms with Crippen molar-refractivity contribution in [3.05, 3.63) is 47.0 Å². The molecule has 1 aliphatic rings. The molecule has 0 amide bonds. The minimum absolute atomic E-state index is 0.407. The van der Waals surface area contributed by atoms with Crippen molar-refractivity contribution in [2.45, 2.75) is 38.9 Å². The molecule has 85 valence electrons. The molecule has 0 saturated heterocycles. The Morgan fingerprint density at radius 2 is 1.56 bits per heavy atom. The molecular formula is C15H21Si. The van der Waals surface area contributed by atoms with Crippen LogP contribution < -0.4 is 0 Å². The zero-order valence-corrected chi connectivity index (χ0v) is 12.0. The summed E-state index contributed by atoms with van der Waals surface area (Å²) in [7, 11) is -1.39. The minimum atomic E-state index is -1.39. The van der Waals surface area contributed by atoms with E-state index in [2.05, 4.69) is 70.3 Å². The molecule has 0 unspecified atom stereocenters. The number of hydrogen-bond acceptors (Lipinski definition) is 0. The second-order valence-electron chi connectivity index (χ2n) is 6.21. The number of rotatable bonds is 1. The smallest absolute Gasteiger partial charge is 0.0700 e. The fourth-order valence-electron chi connectivity index (χ4n) is 2.10. The van der Waals surface area contributed by atoms with Crippen LogP contribution in [0.3, 0.4) is 0 Å². The molecule has 0 atom stereocenters. The molecule has 1 aliphatic carbocycles. The molecule has 2 rings (SSSR count). The molecule has 0 fully saturated rings. The summed E-state index contributed by atoms with van der Waals surface area (Å²) in [5.74, 6) is 0. The molecule has 1 radical (unpaired) electrons. The van der Waals surface area contributed by atoms with Gasteiger partial charge in [0.05, 0.1) is 8.07 Å². The first-order valence-corrected chi connectivity index (χ1v) is 8.99. The lowest BCUT2D eigenvalue weighted by atomic mass is 10.1. The van der Waals surface area contributed by atoms with Gasteiger partial charge >= 0.3 is 0 Å². The SMILES string of the molecule is CC(C)(C)[Si](C)(C)[C]1C=Cc2ccccc21. The predicted octanol–water partition coefficient (Wildman–Crippen LogP) is 4.68. The Hall–Kier alpha value is -0.823. The maximum atomic E-state index is 2.48. The molecule has 0 bridgehead atoms. The summed E-state index contributed by atoms with van der Waals surface area (Å²) in [6.45, 7) is 12.1. The maximum Gasteiger partial charge on any atom is 0.0700 e. The molecule has 0 heterocycles. The summed E-state index contributed by atoms with van der Waals surface area (Å²) >= 11 is 0. The van der Waals surface area contributed by atoms with Gasteiger partial charge in [-0.1, -0.05) is 70.3 Å². The number of hydrogen-bond donors (Lipinski definition) is 0. The van der Waals surface area contributed by atoms with E-state index in [1.54, 1.807) is 5.54 Å². The van der Waals surface area contributed by atoms with Crippen molar-refractivity contribution in [3.8, 4) is 0 Å². The lowest BCUT2D eigenvalue weighted by Gasteiger charge is -2.41. The van der Waals surface area contributed by atoms with Gasteiger partial charge in [-0.3, -0.25) is 0 Å². The van der Waals surface area contributed by atoms with Gasteiger partial charge in [0.2, 0.25) is 0 Å². The third-order valence-corrected chi connectivity index (χ3v) is 9.76. The van der Waals surface area contributed by atoms with Gasteiger partial charge in [-0.05, 0) is 16.2 Å². The van der Waals surface area contributed by atoms with Crippen molar-refractivity contribution in [1.82, 2.24) is 0 Å². The van der Waals surface area contributed by atoms with Crippen LogP contribution in [0, 0.1) is 5.54 Å². The summed E-state index contributed by atoms with van der Waals surface area (Å²) in [6.07, 6.45) is 4.62. The first kappa shape index (κ1) is 11.7. The molecule has 1 aromatic rings. The maximum absolute atomic E-state index is 2.48. The standard InChI is InChI=1S/C15H21Si/c1-15(2,3)16(4,5)14-11-10-12-8-6-7-9-13(12)14/h6-11H,1-5H3. The zero-order valence-electron chi connectivity index (χ0n) is 11.0. The van der Waals surface area contributed by atoms with Gasteiger partial charge in [0.1, 0.15) is 0 Å². The summed E-state index contributed by atoms with van der Waals surface area (Å²) in [5.41, 5.74) is 4.46. The van der Waals surface area contributed by atoms with Gasteiger partial charge in [-0.15, -0.1) is 0 Å². The second-order valence-corrected chi connectivity index (χ2v) is 11.5. The molecule has 0 N–H and O–H groups in total. The van der Waals surface area contributed by atoms with E-state index in [0.29, 0.717) is 5.04 Å². The van der Waals surface area contributed by atoms with Crippen molar-refractivity contribution in [3.63, 3.8) is 0 Å². The van der Waals surface area contributed by atoms with Crippen LogP contribution in [0.2, 0.25) is 18.1 Å². The fraction of sp³-hybridized carbons (Fsp3) is 0.400. The van der Waals surface area contributed by atoms with E-state index < -0.39 is 8.07 Å². The van der Waals surface area contributed by atoms with Gasteiger partial charge in [0.15, 0.2) is 0 Å². The Labute approximate surface area is 100 Å². The lowest BCUT2D eigenvalue weighted by Crippen LogP contribution is -2.43. The van der Waals surface area contributed by atoms with E-state index in [4.69, 9.17) is 0 Å². The van der Waals surface area contributed by atoms with Crippen LogP contribution in [0.4, 0.5) is 0 Å². The lowest BCUT2D eigenvalue weighted by molar-refractivity contribution is 0.721. The minimum Gasteiger partial charge on any atom is -0.0752 e. The molecule has 16 heavy (non-hydrogen) atoms. The predicted molar refractivity (Wildman–Crippen MR) is 75.0 cm³/mol. The van der Waals surface area contributed by atoms with Gasteiger partial charge in [0.25, 0.3) is 0 Å². The van der Waals surface area contributed by atoms with E-state index in [1.165, 1.54) is 11.1 Å². The van der Waals surface area contributed by atoms with Crippen LogP contribution in [0.5, 0.6) is 0 Å². The highest BCUT2D eigenvalue weighted by Gasteiger charge is 2.43. The summed E-state index contributed by atoms with van der Waals surface area (Å²) in [5, 5.41) is 0.407. The van der Waals surface area contributed by atoms with Gasteiger partial charge in [-0.2, -0.15) is 0 Å². The zero-order chi connectivity index (χ0) is 12.0. The number of allylic oxidation sites excluding steroid dienone is 1. The number of benzene rings is 1. The van der Waals surface area contributed by atoms with E-state index >= 15 is 0 Å². The summed E-state index contributed by atoms with van der Waals surface area (Å²) in [6, 6.07) is 8.76. The highest BCUT2D eigenvalue weighted by atomic mass is 28.3. The van der Waals surface area contributed by atoms with Crippen LogP contribution in [-0.2, 0) is 0 Å². The molecule has 1 aromatic carbocycles. The highest BCUT2D eigenvalue weighted by Crippen LogP contribution is 2.47. The Bertz CT molecular complexity index is 421. The molecule has 0 spiro atoms. The first-order valence-electron chi connectivity index (χ1n) is 5.99. The largest absolute Gasteiger partial charge is 0.0752 e. The van der Waals surface area contributed by atoms with Crippen LogP contribution in [0.15, 0.2) is 30.3 Å². The topological polar surface area (TPSA) is 0 Å². The van der Waals surface area contributed by atoms with Crippen molar-refractivity contribution < 1.29 is 0 Å². The summed E-state index contributed by atoms with van der Waals surface area (Å²) in [4.78, 5) is 0. The van der Waals surface area contributed by atoms with Gasteiger partial charge in [-0.25, -0.2) is 0 Å². The van der Waals surface area contributed by atoms with E-state index in [0.717, 1.165) is 0 Å². The van der Waals surface area contributed by atoms with Crippen molar-refractivity contribution in [2.75, 3.05) is 0 Å². The molecule has 0 nitrogen and oxygen atoms in total. The molecule has 0 aromatic heterocycles.